The number of amides is 2. The van der Waals surface area contributed by atoms with Crippen molar-refractivity contribution in [1.29, 1.82) is 0 Å². The maximum Gasteiger partial charge on any atom is 0.330 e. The van der Waals surface area contributed by atoms with Crippen LogP contribution in [0.15, 0.2) is 64.2 Å². The lowest BCUT2D eigenvalue weighted by Gasteiger charge is -2.23. The van der Waals surface area contributed by atoms with Crippen molar-refractivity contribution < 1.29 is 14.3 Å². The zero-order chi connectivity index (χ0) is 24.7. The number of hydrogen-bond acceptors (Lipinski definition) is 6. The Balaban J connectivity index is 1.77. The highest BCUT2D eigenvalue weighted by atomic mass is 16.5. The maximum atomic E-state index is 12.9. The largest absolute Gasteiger partial charge is 0.496 e. The summed E-state index contributed by atoms with van der Waals surface area (Å²) in [6, 6.07) is 15.9. The molecule has 2 aromatic carbocycles. The van der Waals surface area contributed by atoms with Gasteiger partial charge in [0.1, 0.15) is 11.6 Å². The van der Waals surface area contributed by atoms with Crippen LogP contribution in [0.2, 0.25) is 0 Å². The highest BCUT2D eigenvalue weighted by Crippen LogP contribution is 2.19. The predicted octanol–water partition coefficient (Wildman–Crippen LogP) is 1.35. The molecule has 10 heteroatoms. The minimum atomic E-state index is -0.750. The summed E-state index contributed by atoms with van der Waals surface area (Å²) < 4.78 is 6.39. The lowest BCUT2D eigenvalue weighted by molar-refractivity contribution is -0.118. The SMILES string of the molecule is CCN(C(=O)CCNC(=O)c1ccccc1OC)c1c(N)n(Cc2ccccc2)c(=O)[nH]c1=O. The first kappa shape index (κ1) is 24.3. The van der Waals surface area contributed by atoms with Gasteiger partial charge in [-0.3, -0.25) is 23.9 Å². The van der Waals surface area contributed by atoms with Crippen molar-refractivity contribution in [3.05, 3.63) is 86.6 Å². The Labute approximate surface area is 196 Å². The van der Waals surface area contributed by atoms with E-state index in [1.54, 1.807) is 31.2 Å². The van der Waals surface area contributed by atoms with Gasteiger partial charge >= 0.3 is 5.69 Å². The molecular formula is C24H27N5O5. The number of nitrogen functional groups attached to an aromatic ring is 1. The van der Waals surface area contributed by atoms with Gasteiger partial charge in [0.2, 0.25) is 5.91 Å². The predicted molar refractivity (Wildman–Crippen MR) is 129 cm³/mol. The van der Waals surface area contributed by atoms with Gasteiger partial charge in [0.25, 0.3) is 11.5 Å². The first-order chi connectivity index (χ1) is 16.4. The quantitative estimate of drug-likeness (QED) is 0.436. The molecule has 0 unspecified atom stereocenters. The summed E-state index contributed by atoms with van der Waals surface area (Å²) in [6.45, 7) is 2.01. The van der Waals surface area contributed by atoms with Crippen molar-refractivity contribution in [2.45, 2.75) is 19.9 Å². The third-order valence-electron chi connectivity index (χ3n) is 5.26. The Morgan fingerprint density at radius 2 is 1.76 bits per heavy atom. The molecule has 3 aromatic rings. The Hall–Kier alpha value is -4.34. The number of H-pyrrole nitrogens is 1. The minimum Gasteiger partial charge on any atom is -0.496 e. The van der Waals surface area contributed by atoms with E-state index in [9.17, 15) is 19.2 Å². The molecule has 178 valence electrons. The van der Waals surface area contributed by atoms with E-state index in [4.69, 9.17) is 10.5 Å². The highest BCUT2D eigenvalue weighted by molar-refractivity contribution is 5.98. The molecule has 0 aliphatic heterocycles. The molecule has 3 rings (SSSR count). The van der Waals surface area contributed by atoms with Crippen LogP contribution in [0.25, 0.3) is 0 Å². The zero-order valence-electron chi connectivity index (χ0n) is 19.0. The third-order valence-corrected chi connectivity index (χ3v) is 5.26. The molecular weight excluding hydrogens is 438 g/mol. The van der Waals surface area contributed by atoms with E-state index in [2.05, 4.69) is 10.3 Å². The van der Waals surface area contributed by atoms with Gasteiger partial charge < -0.3 is 20.7 Å². The lowest BCUT2D eigenvalue weighted by atomic mass is 10.2. The average Bonchev–Trinajstić information content (AvgIpc) is 2.84. The number of carbonyl (C=O) groups is 2. The Kier molecular flexibility index (Phi) is 7.86. The van der Waals surface area contributed by atoms with Crippen molar-refractivity contribution in [3.8, 4) is 5.75 Å². The molecule has 34 heavy (non-hydrogen) atoms. The van der Waals surface area contributed by atoms with Crippen molar-refractivity contribution in [3.63, 3.8) is 0 Å². The summed E-state index contributed by atoms with van der Waals surface area (Å²) in [5, 5.41) is 2.68. The Bertz CT molecular complexity index is 1280. The van der Waals surface area contributed by atoms with Gasteiger partial charge in [-0.25, -0.2) is 4.79 Å². The minimum absolute atomic E-state index is 0.0354. The van der Waals surface area contributed by atoms with E-state index < -0.39 is 17.2 Å². The number of aromatic nitrogens is 2. The van der Waals surface area contributed by atoms with Crippen molar-refractivity contribution in [1.82, 2.24) is 14.9 Å². The van der Waals surface area contributed by atoms with E-state index in [0.29, 0.717) is 11.3 Å². The molecule has 0 spiro atoms. The average molecular weight is 466 g/mol. The van der Waals surface area contributed by atoms with Crippen molar-refractivity contribution >= 4 is 23.3 Å². The standard InChI is InChI=1S/C24H27N5O5/c1-3-28(19(30)13-14-26-22(31)17-11-7-8-12-18(17)34-2)20-21(25)29(24(33)27-23(20)32)15-16-9-5-4-6-10-16/h4-12H,3,13-15,25H2,1-2H3,(H,26,31)(H,27,32,33). The summed E-state index contributed by atoms with van der Waals surface area (Å²) >= 11 is 0. The molecule has 0 saturated heterocycles. The highest BCUT2D eigenvalue weighted by Gasteiger charge is 2.23. The first-order valence-electron chi connectivity index (χ1n) is 10.8. The number of methoxy groups -OCH3 is 1. The number of nitrogens with zero attached hydrogens (tertiary/aromatic N) is 2. The van der Waals surface area contributed by atoms with Crippen LogP contribution in [-0.4, -0.2) is 41.6 Å². The lowest BCUT2D eigenvalue weighted by Crippen LogP contribution is -2.42. The van der Waals surface area contributed by atoms with Crippen LogP contribution < -0.4 is 31.9 Å². The molecule has 0 saturated carbocycles. The van der Waals surface area contributed by atoms with Crippen LogP contribution in [0.3, 0.4) is 0 Å². The molecule has 0 radical (unpaired) electrons. The third kappa shape index (κ3) is 5.34. The second-order valence-corrected chi connectivity index (χ2v) is 7.41. The maximum absolute atomic E-state index is 12.9. The number of nitrogens with one attached hydrogen (secondary N) is 2. The van der Waals surface area contributed by atoms with Crippen LogP contribution >= 0.6 is 0 Å². The number of carbonyl (C=O) groups excluding carboxylic acids is 2. The van der Waals surface area contributed by atoms with E-state index in [0.717, 1.165) is 5.56 Å². The second-order valence-electron chi connectivity index (χ2n) is 7.41. The fourth-order valence-corrected chi connectivity index (χ4v) is 3.57. The molecule has 10 nitrogen and oxygen atoms in total. The van der Waals surface area contributed by atoms with E-state index in [-0.39, 0.29) is 43.5 Å². The van der Waals surface area contributed by atoms with Gasteiger partial charge in [0.05, 0.1) is 19.2 Å². The molecule has 0 fully saturated rings. The summed E-state index contributed by atoms with van der Waals surface area (Å²) in [7, 11) is 1.47. The molecule has 2 amide bonds. The molecule has 0 bridgehead atoms. The summed E-state index contributed by atoms with van der Waals surface area (Å²) in [5.74, 6) is -0.501. The van der Waals surface area contributed by atoms with Gasteiger partial charge in [-0.05, 0) is 24.6 Å². The smallest absolute Gasteiger partial charge is 0.330 e. The molecule has 1 heterocycles. The molecule has 0 aliphatic carbocycles. The number of para-hydroxylation sites is 1. The van der Waals surface area contributed by atoms with Gasteiger partial charge in [-0.15, -0.1) is 0 Å². The number of nitrogens with two attached hydrogens (primary N) is 1. The second kappa shape index (κ2) is 11.0. The number of aromatic amines is 1. The Morgan fingerprint density at radius 1 is 1.09 bits per heavy atom. The fourth-order valence-electron chi connectivity index (χ4n) is 3.57. The number of hydrogen-bond donors (Lipinski definition) is 3. The van der Waals surface area contributed by atoms with Crippen LogP contribution in [0.5, 0.6) is 5.75 Å². The monoisotopic (exact) mass is 465 g/mol. The van der Waals surface area contributed by atoms with Crippen LogP contribution in [0, 0.1) is 0 Å². The number of ether oxygens (including phenoxy) is 1. The van der Waals surface area contributed by atoms with Crippen LogP contribution in [0.1, 0.15) is 29.3 Å². The van der Waals surface area contributed by atoms with Crippen molar-refractivity contribution in [2.75, 3.05) is 30.8 Å². The van der Waals surface area contributed by atoms with Gasteiger partial charge in [0, 0.05) is 19.5 Å². The fraction of sp³-hybridized carbons (Fsp3) is 0.250. The number of anilines is 2. The molecule has 0 atom stereocenters. The summed E-state index contributed by atoms with van der Waals surface area (Å²) in [6.07, 6.45) is -0.0780. The van der Waals surface area contributed by atoms with E-state index in [1.165, 1.54) is 16.6 Å². The van der Waals surface area contributed by atoms with Crippen molar-refractivity contribution in [2.24, 2.45) is 0 Å². The normalized spacial score (nSPS) is 10.5. The number of benzene rings is 2. The topological polar surface area (TPSA) is 140 Å². The zero-order valence-corrected chi connectivity index (χ0v) is 19.0. The van der Waals surface area contributed by atoms with Gasteiger partial charge in [-0.2, -0.15) is 0 Å². The number of rotatable bonds is 9. The first-order valence-corrected chi connectivity index (χ1v) is 10.8. The summed E-state index contributed by atoms with van der Waals surface area (Å²) in [5.41, 5.74) is 5.84. The molecule has 0 aliphatic rings. The molecule has 1 aromatic heterocycles. The van der Waals surface area contributed by atoms with E-state index in [1.807, 2.05) is 30.3 Å². The van der Waals surface area contributed by atoms with Crippen LogP contribution in [-0.2, 0) is 11.3 Å². The molecule has 4 N–H and O–H groups in total. The van der Waals surface area contributed by atoms with Gasteiger partial charge in [0.15, 0.2) is 5.69 Å². The van der Waals surface area contributed by atoms with E-state index >= 15 is 0 Å². The van der Waals surface area contributed by atoms with Crippen LogP contribution in [0.4, 0.5) is 11.5 Å². The van der Waals surface area contributed by atoms with Gasteiger partial charge in [-0.1, -0.05) is 42.5 Å². The Morgan fingerprint density at radius 3 is 2.44 bits per heavy atom. The summed E-state index contributed by atoms with van der Waals surface area (Å²) in [4.78, 5) is 53.8.